The van der Waals surface area contributed by atoms with Crippen LogP contribution in [0.15, 0.2) is 11.8 Å². The lowest BCUT2D eigenvalue weighted by atomic mass is 10.1. The summed E-state index contributed by atoms with van der Waals surface area (Å²) < 4.78 is 5.17. The van der Waals surface area contributed by atoms with Crippen LogP contribution in [0.2, 0.25) is 0 Å². The van der Waals surface area contributed by atoms with E-state index in [-0.39, 0.29) is 23.7 Å². The summed E-state index contributed by atoms with van der Waals surface area (Å²) in [5.74, 6) is -0.726. The Labute approximate surface area is 108 Å². The molecule has 0 aliphatic carbocycles. The molecular formula is C12H20ClNO3. The average Bonchev–Trinajstić information content (AvgIpc) is 2.11. The van der Waals surface area contributed by atoms with Crippen LogP contribution in [-0.4, -0.2) is 42.2 Å². The molecule has 5 heteroatoms. The first kappa shape index (κ1) is 16.0. The van der Waals surface area contributed by atoms with Crippen molar-refractivity contribution in [2.45, 2.75) is 32.8 Å². The summed E-state index contributed by atoms with van der Waals surface area (Å²) in [5.41, 5.74) is -0.588. The molecule has 0 aromatic rings. The standard InChI is InChI=1S/C12H20ClNO3/c1-12(2,3)17-11(16)9(8-14(4)5)10(15)6-7-13/h8H,6-7H2,1-5H3. The Kier molecular flexibility index (Phi) is 6.24. The molecule has 0 atom stereocenters. The molecule has 0 fully saturated rings. The molecule has 0 spiro atoms. The number of alkyl halides is 1. The third-order valence-electron chi connectivity index (χ3n) is 1.63. The Morgan fingerprint density at radius 3 is 2.18 bits per heavy atom. The highest BCUT2D eigenvalue weighted by molar-refractivity contribution is 6.22. The maximum atomic E-state index is 11.8. The highest BCUT2D eigenvalue weighted by atomic mass is 35.5. The lowest BCUT2D eigenvalue weighted by molar-refractivity contribution is -0.150. The van der Waals surface area contributed by atoms with Crippen molar-refractivity contribution in [3.63, 3.8) is 0 Å². The molecule has 17 heavy (non-hydrogen) atoms. The van der Waals surface area contributed by atoms with E-state index in [0.29, 0.717) is 0 Å². The maximum Gasteiger partial charge on any atom is 0.343 e. The number of nitrogens with zero attached hydrogens (tertiary/aromatic N) is 1. The van der Waals surface area contributed by atoms with Crippen molar-refractivity contribution in [1.29, 1.82) is 0 Å². The zero-order valence-corrected chi connectivity index (χ0v) is 11.8. The highest BCUT2D eigenvalue weighted by Crippen LogP contribution is 2.13. The summed E-state index contributed by atoms with van der Waals surface area (Å²) >= 11 is 5.50. The first-order valence-corrected chi connectivity index (χ1v) is 5.91. The van der Waals surface area contributed by atoms with Gasteiger partial charge in [0.25, 0.3) is 0 Å². The number of carbonyl (C=O) groups excluding carboxylic acids is 2. The molecule has 0 aliphatic rings. The molecule has 0 aromatic carbocycles. The van der Waals surface area contributed by atoms with Crippen LogP contribution in [-0.2, 0) is 14.3 Å². The predicted octanol–water partition coefficient (Wildman–Crippen LogP) is 1.97. The maximum absolute atomic E-state index is 11.8. The van der Waals surface area contributed by atoms with E-state index in [2.05, 4.69) is 0 Å². The number of Topliss-reactive ketones (excluding diaryl/α,β-unsaturated/α-hetero) is 1. The van der Waals surface area contributed by atoms with Gasteiger partial charge in [-0.2, -0.15) is 0 Å². The van der Waals surface area contributed by atoms with E-state index in [9.17, 15) is 9.59 Å². The van der Waals surface area contributed by atoms with E-state index in [1.165, 1.54) is 6.20 Å². The highest BCUT2D eigenvalue weighted by Gasteiger charge is 2.24. The summed E-state index contributed by atoms with van der Waals surface area (Å²) in [7, 11) is 3.47. The minimum Gasteiger partial charge on any atom is -0.456 e. The number of hydrogen-bond acceptors (Lipinski definition) is 4. The van der Waals surface area contributed by atoms with Gasteiger partial charge in [0.1, 0.15) is 11.2 Å². The first-order chi connectivity index (χ1) is 7.67. The van der Waals surface area contributed by atoms with Crippen molar-refractivity contribution in [3.8, 4) is 0 Å². The zero-order valence-electron chi connectivity index (χ0n) is 11.0. The second-order valence-electron chi connectivity index (χ2n) is 4.87. The predicted molar refractivity (Wildman–Crippen MR) is 68.0 cm³/mol. The molecule has 0 unspecified atom stereocenters. The molecule has 0 aliphatic heterocycles. The van der Waals surface area contributed by atoms with E-state index in [1.807, 2.05) is 0 Å². The molecule has 0 bridgehead atoms. The van der Waals surface area contributed by atoms with Gasteiger partial charge in [-0.25, -0.2) is 4.79 Å². The molecule has 0 aromatic heterocycles. The van der Waals surface area contributed by atoms with Gasteiger partial charge in [0.05, 0.1) is 0 Å². The normalized spacial score (nSPS) is 12.2. The lowest BCUT2D eigenvalue weighted by Gasteiger charge is -2.20. The molecule has 0 radical (unpaired) electrons. The number of ether oxygens (including phenoxy) is 1. The van der Waals surface area contributed by atoms with Crippen LogP contribution < -0.4 is 0 Å². The van der Waals surface area contributed by atoms with Crippen molar-refractivity contribution in [2.24, 2.45) is 0 Å². The monoisotopic (exact) mass is 261 g/mol. The molecule has 0 saturated carbocycles. The van der Waals surface area contributed by atoms with Gasteiger partial charge in [-0.15, -0.1) is 11.6 Å². The van der Waals surface area contributed by atoms with Crippen LogP contribution in [0.4, 0.5) is 0 Å². The topological polar surface area (TPSA) is 46.6 Å². The summed E-state index contributed by atoms with van der Waals surface area (Å²) in [6.07, 6.45) is 1.59. The number of ketones is 1. The molecule has 4 nitrogen and oxygen atoms in total. The second kappa shape index (κ2) is 6.64. The Bertz CT molecular complexity index is 316. The van der Waals surface area contributed by atoms with Gasteiger partial charge in [-0.3, -0.25) is 4.79 Å². The lowest BCUT2D eigenvalue weighted by Crippen LogP contribution is -2.28. The molecule has 0 heterocycles. The largest absolute Gasteiger partial charge is 0.456 e. The van der Waals surface area contributed by atoms with Crippen molar-refractivity contribution in [2.75, 3.05) is 20.0 Å². The molecule has 0 saturated heterocycles. The molecular weight excluding hydrogens is 242 g/mol. The van der Waals surface area contributed by atoms with E-state index >= 15 is 0 Å². The van der Waals surface area contributed by atoms with Crippen LogP contribution in [0, 0.1) is 0 Å². The van der Waals surface area contributed by atoms with Crippen LogP contribution in [0.5, 0.6) is 0 Å². The van der Waals surface area contributed by atoms with Gasteiger partial charge in [0.2, 0.25) is 0 Å². The van der Waals surface area contributed by atoms with E-state index < -0.39 is 11.6 Å². The quantitative estimate of drug-likeness (QED) is 0.250. The number of hydrogen-bond donors (Lipinski definition) is 0. The average molecular weight is 262 g/mol. The Morgan fingerprint density at radius 1 is 1.29 bits per heavy atom. The van der Waals surface area contributed by atoms with Crippen molar-refractivity contribution in [3.05, 3.63) is 11.8 Å². The van der Waals surface area contributed by atoms with Gasteiger partial charge in [-0.1, -0.05) is 0 Å². The van der Waals surface area contributed by atoms with Gasteiger partial charge in [0.15, 0.2) is 5.78 Å². The molecule has 0 rings (SSSR count). The van der Waals surface area contributed by atoms with Crippen molar-refractivity contribution >= 4 is 23.4 Å². The first-order valence-electron chi connectivity index (χ1n) is 5.38. The van der Waals surface area contributed by atoms with Gasteiger partial charge >= 0.3 is 5.97 Å². The zero-order chi connectivity index (χ0) is 13.6. The summed E-state index contributed by atoms with van der Waals surface area (Å²) in [6, 6.07) is 0. The van der Waals surface area contributed by atoms with E-state index in [1.54, 1.807) is 39.8 Å². The number of halogens is 1. The minimum absolute atomic E-state index is 0.0329. The summed E-state index contributed by atoms with van der Waals surface area (Å²) in [5, 5.41) is 0. The van der Waals surface area contributed by atoms with Gasteiger partial charge in [0, 0.05) is 32.6 Å². The fourth-order valence-electron chi connectivity index (χ4n) is 1.05. The van der Waals surface area contributed by atoms with Crippen LogP contribution in [0.25, 0.3) is 0 Å². The van der Waals surface area contributed by atoms with E-state index in [0.717, 1.165) is 0 Å². The van der Waals surface area contributed by atoms with Gasteiger partial charge < -0.3 is 9.64 Å². The fourth-order valence-corrected chi connectivity index (χ4v) is 1.22. The Balaban J connectivity index is 4.94. The SMILES string of the molecule is CN(C)C=C(C(=O)CCCl)C(=O)OC(C)(C)C. The Hall–Kier alpha value is -1.03. The van der Waals surface area contributed by atoms with Crippen LogP contribution in [0.3, 0.4) is 0 Å². The second-order valence-corrected chi connectivity index (χ2v) is 5.25. The number of carbonyl (C=O) groups is 2. The van der Waals surface area contributed by atoms with Crippen molar-refractivity contribution in [1.82, 2.24) is 4.90 Å². The van der Waals surface area contributed by atoms with Crippen LogP contribution in [0.1, 0.15) is 27.2 Å². The van der Waals surface area contributed by atoms with Crippen LogP contribution >= 0.6 is 11.6 Å². The molecule has 98 valence electrons. The minimum atomic E-state index is -0.621. The third-order valence-corrected chi connectivity index (χ3v) is 1.82. The fraction of sp³-hybridized carbons (Fsp3) is 0.667. The summed E-state index contributed by atoms with van der Waals surface area (Å²) in [4.78, 5) is 25.2. The third kappa shape index (κ3) is 7.00. The summed E-state index contributed by atoms with van der Waals surface area (Å²) in [6.45, 7) is 5.26. The smallest absolute Gasteiger partial charge is 0.343 e. The Morgan fingerprint density at radius 2 is 1.82 bits per heavy atom. The number of rotatable bonds is 5. The van der Waals surface area contributed by atoms with E-state index in [4.69, 9.17) is 16.3 Å². The molecule has 0 N–H and O–H groups in total. The van der Waals surface area contributed by atoms with Gasteiger partial charge in [-0.05, 0) is 20.8 Å². The van der Waals surface area contributed by atoms with Crippen molar-refractivity contribution < 1.29 is 14.3 Å². The molecule has 0 amide bonds. The number of esters is 1.